The molecule has 0 fully saturated rings. The van der Waals surface area contributed by atoms with E-state index in [2.05, 4.69) is 241 Å². The Morgan fingerprint density at radius 2 is 0.877 bits per heavy atom. The lowest BCUT2D eigenvalue weighted by atomic mass is 9.70. The molecule has 1 nitrogen and oxygen atoms in total. The zero-order chi connectivity index (χ0) is 42.6. The molecule has 302 valence electrons. The Balaban J connectivity index is 0.961. The Kier molecular flexibility index (Phi) is 7.84. The second-order valence-corrected chi connectivity index (χ2v) is 18.6. The SMILES string of the molecule is c1ccc2c(c1)-c1ccccc1C21c2ccccc2-c2c(N(c3ccc(-c4ccc5cccc(-c6ccc7ccccc7c6)c5c4)cc3)c3ccc4sc5ccccc5c4c3)cccc21. The Bertz CT molecular complexity index is 3860. The van der Waals surface area contributed by atoms with E-state index in [4.69, 9.17) is 0 Å². The third kappa shape index (κ3) is 5.26. The maximum atomic E-state index is 2.51. The highest BCUT2D eigenvalue weighted by molar-refractivity contribution is 7.25. The van der Waals surface area contributed by atoms with Gasteiger partial charge in [-0.15, -0.1) is 11.3 Å². The quantitative estimate of drug-likeness (QED) is 0.167. The number of hydrogen-bond acceptors (Lipinski definition) is 2. The zero-order valence-electron chi connectivity index (χ0n) is 35.4. The molecule has 0 unspecified atom stereocenters. The van der Waals surface area contributed by atoms with Crippen LogP contribution in [0.1, 0.15) is 22.3 Å². The monoisotopic (exact) mass is 841 g/mol. The number of thiophene rings is 1. The fourth-order valence-electron chi connectivity index (χ4n) is 11.5. The van der Waals surface area contributed by atoms with Crippen LogP contribution in [0.25, 0.3) is 86.2 Å². The molecule has 65 heavy (non-hydrogen) atoms. The van der Waals surface area contributed by atoms with Gasteiger partial charge in [0.05, 0.1) is 11.1 Å². The third-order valence-electron chi connectivity index (χ3n) is 14.3. The summed E-state index contributed by atoms with van der Waals surface area (Å²) in [5.41, 5.74) is 18.4. The maximum absolute atomic E-state index is 2.51. The molecule has 0 amide bonds. The number of nitrogens with zero attached hydrogens (tertiary/aromatic N) is 1. The molecule has 0 aliphatic heterocycles. The van der Waals surface area contributed by atoms with E-state index in [0.717, 1.165) is 11.4 Å². The Morgan fingerprint density at radius 1 is 0.308 bits per heavy atom. The lowest BCUT2D eigenvalue weighted by Gasteiger charge is -2.32. The van der Waals surface area contributed by atoms with Crippen LogP contribution in [-0.4, -0.2) is 0 Å². The number of hydrogen-bond donors (Lipinski definition) is 0. The highest BCUT2D eigenvalue weighted by atomic mass is 32.1. The van der Waals surface area contributed by atoms with E-state index in [1.807, 2.05) is 11.3 Å². The van der Waals surface area contributed by atoms with E-state index in [1.54, 1.807) is 0 Å². The van der Waals surface area contributed by atoms with Crippen molar-refractivity contribution in [3.63, 3.8) is 0 Å². The van der Waals surface area contributed by atoms with Crippen molar-refractivity contribution in [3.8, 4) is 44.5 Å². The van der Waals surface area contributed by atoms with Gasteiger partial charge < -0.3 is 4.90 Å². The molecule has 1 spiro atoms. The first-order chi connectivity index (χ1) is 32.2. The van der Waals surface area contributed by atoms with Crippen LogP contribution >= 0.6 is 11.3 Å². The molecule has 1 heterocycles. The van der Waals surface area contributed by atoms with E-state index in [1.165, 1.54) is 114 Å². The van der Waals surface area contributed by atoms with Crippen molar-refractivity contribution in [2.24, 2.45) is 0 Å². The van der Waals surface area contributed by atoms with Gasteiger partial charge in [-0.1, -0.05) is 182 Å². The van der Waals surface area contributed by atoms with Gasteiger partial charge in [0.2, 0.25) is 0 Å². The molecule has 0 atom stereocenters. The molecular weight excluding hydrogens is 803 g/mol. The van der Waals surface area contributed by atoms with Gasteiger partial charge in [-0.2, -0.15) is 0 Å². The Morgan fingerprint density at radius 3 is 1.69 bits per heavy atom. The second kappa shape index (κ2) is 14.0. The van der Waals surface area contributed by atoms with Gasteiger partial charge in [0.1, 0.15) is 0 Å². The summed E-state index contributed by atoms with van der Waals surface area (Å²) in [5, 5.41) is 7.59. The predicted octanol–water partition coefficient (Wildman–Crippen LogP) is 17.5. The molecule has 14 rings (SSSR count). The van der Waals surface area contributed by atoms with E-state index in [-0.39, 0.29) is 0 Å². The van der Waals surface area contributed by atoms with Crippen LogP contribution in [0.15, 0.2) is 237 Å². The average molecular weight is 842 g/mol. The summed E-state index contributed by atoms with van der Waals surface area (Å²) in [6.07, 6.45) is 0. The Hall–Kier alpha value is -8.04. The molecule has 0 N–H and O–H groups in total. The fourth-order valence-corrected chi connectivity index (χ4v) is 12.5. The largest absolute Gasteiger partial charge is 0.310 e. The smallest absolute Gasteiger partial charge is 0.0726 e. The maximum Gasteiger partial charge on any atom is 0.0726 e. The summed E-state index contributed by atoms with van der Waals surface area (Å²) in [6.45, 7) is 0. The summed E-state index contributed by atoms with van der Waals surface area (Å²) in [6, 6.07) is 88.4. The molecule has 1 aromatic heterocycles. The molecule has 2 heteroatoms. The number of anilines is 3. The number of fused-ring (bicyclic) bond motifs is 15. The van der Waals surface area contributed by atoms with Crippen LogP contribution in [0.4, 0.5) is 17.1 Å². The first kappa shape index (κ1) is 36.4. The summed E-state index contributed by atoms with van der Waals surface area (Å²) in [5.74, 6) is 0. The molecule has 0 radical (unpaired) electrons. The minimum absolute atomic E-state index is 0.431. The van der Waals surface area contributed by atoms with E-state index >= 15 is 0 Å². The summed E-state index contributed by atoms with van der Waals surface area (Å²) in [4.78, 5) is 2.51. The van der Waals surface area contributed by atoms with E-state index < -0.39 is 5.41 Å². The molecule has 0 saturated carbocycles. The van der Waals surface area contributed by atoms with Gasteiger partial charge in [-0.25, -0.2) is 0 Å². The van der Waals surface area contributed by atoms with Gasteiger partial charge >= 0.3 is 0 Å². The minimum atomic E-state index is -0.431. The second-order valence-electron chi connectivity index (χ2n) is 17.6. The Labute approximate surface area is 381 Å². The lowest BCUT2D eigenvalue weighted by Crippen LogP contribution is -2.26. The minimum Gasteiger partial charge on any atom is -0.310 e. The van der Waals surface area contributed by atoms with Crippen LogP contribution in [-0.2, 0) is 5.41 Å². The molecular formula is C63H39NS. The van der Waals surface area contributed by atoms with Gasteiger partial charge in [0.15, 0.2) is 0 Å². The van der Waals surface area contributed by atoms with Crippen molar-refractivity contribution in [1.82, 2.24) is 0 Å². The zero-order valence-corrected chi connectivity index (χ0v) is 36.2. The predicted molar refractivity (Wildman–Crippen MR) is 276 cm³/mol. The summed E-state index contributed by atoms with van der Waals surface area (Å²) in [7, 11) is 0. The first-order valence-corrected chi connectivity index (χ1v) is 23.3. The van der Waals surface area contributed by atoms with E-state index in [9.17, 15) is 0 Å². The van der Waals surface area contributed by atoms with Gasteiger partial charge in [0, 0.05) is 37.1 Å². The molecule has 11 aromatic carbocycles. The van der Waals surface area contributed by atoms with Crippen LogP contribution in [0.5, 0.6) is 0 Å². The summed E-state index contributed by atoms with van der Waals surface area (Å²) < 4.78 is 2.61. The highest BCUT2D eigenvalue weighted by Crippen LogP contribution is 2.64. The van der Waals surface area contributed by atoms with Crippen molar-refractivity contribution in [1.29, 1.82) is 0 Å². The molecule has 0 saturated heterocycles. The third-order valence-corrected chi connectivity index (χ3v) is 15.4. The number of rotatable bonds is 5. The van der Waals surface area contributed by atoms with E-state index in [0.29, 0.717) is 0 Å². The molecule has 2 aliphatic carbocycles. The molecule has 0 bridgehead atoms. The first-order valence-electron chi connectivity index (χ1n) is 22.5. The van der Waals surface area contributed by atoms with Gasteiger partial charge in [-0.3, -0.25) is 0 Å². The van der Waals surface area contributed by atoms with Crippen molar-refractivity contribution in [2.75, 3.05) is 4.90 Å². The van der Waals surface area contributed by atoms with Crippen molar-refractivity contribution < 1.29 is 0 Å². The standard InChI is InChI=1S/C63H39NS/c1-2-14-43-37-45(30-27-40(43)13-1)48-20-11-15-42-28-29-44(38-53(42)48)41-31-33-46(34-32-41)64(47-35-36-61-54(39-47)51-18-6-10-26-60(51)65-61)59-25-12-24-58-62(59)52-19-5-9-23-57(52)63(58)55-21-7-3-16-49(55)50-17-4-8-22-56(50)63/h1-39H. The van der Waals surface area contributed by atoms with Crippen LogP contribution in [0.3, 0.4) is 0 Å². The molecule has 2 aliphatic rings. The van der Waals surface area contributed by atoms with Crippen LogP contribution in [0.2, 0.25) is 0 Å². The van der Waals surface area contributed by atoms with Crippen molar-refractivity contribution in [3.05, 3.63) is 259 Å². The summed E-state index contributed by atoms with van der Waals surface area (Å²) >= 11 is 1.87. The van der Waals surface area contributed by atoms with Crippen molar-refractivity contribution in [2.45, 2.75) is 5.41 Å². The van der Waals surface area contributed by atoms with Crippen LogP contribution < -0.4 is 4.90 Å². The molecule has 12 aromatic rings. The average Bonchev–Trinajstić information content (AvgIpc) is 4.00. The van der Waals surface area contributed by atoms with Gasteiger partial charge in [0.25, 0.3) is 0 Å². The highest BCUT2D eigenvalue weighted by Gasteiger charge is 2.52. The normalized spacial score (nSPS) is 13.0. The topological polar surface area (TPSA) is 3.24 Å². The number of benzene rings is 11. The van der Waals surface area contributed by atoms with Crippen LogP contribution in [0, 0.1) is 0 Å². The van der Waals surface area contributed by atoms with Crippen molar-refractivity contribution >= 4 is 70.1 Å². The lowest BCUT2D eigenvalue weighted by molar-refractivity contribution is 0.794. The fraction of sp³-hybridized carbons (Fsp3) is 0.0159. The van der Waals surface area contributed by atoms with Gasteiger partial charge in [-0.05, 0) is 137 Å².